The molecule has 0 rings (SSSR count). The van der Waals surface area contributed by atoms with E-state index in [1.165, 1.54) is 0 Å². The fourth-order valence-corrected chi connectivity index (χ4v) is 0.566. The van der Waals surface area contributed by atoms with Crippen LogP contribution in [0, 0.1) is 10.8 Å². The van der Waals surface area contributed by atoms with Gasteiger partial charge in [-0.2, -0.15) is 0 Å². The Hall–Kier alpha value is -0.120. The van der Waals surface area contributed by atoms with Crippen molar-refractivity contribution in [1.29, 1.82) is 0 Å². The van der Waals surface area contributed by atoms with Gasteiger partial charge in [-0.25, -0.2) is 0 Å². The lowest BCUT2D eigenvalue weighted by Crippen LogP contribution is -2.47. The van der Waals surface area contributed by atoms with Gasteiger partial charge in [0.15, 0.2) is 0 Å². The van der Waals surface area contributed by atoms with Crippen molar-refractivity contribution in [3.05, 3.63) is 0 Å². The third kappa shape index (κ3) is 4.60. The molecule has 3 heteroatoms. The van der Waals surface area contributed by atoms with Crippen LogP contribution in [0.2, 0.25) is 0 Å². The molecule has 2 unspecified atom stereocenters. The molecule has 2 atom stereocenters. The third-order valence-corrected chi connectivity index (χ3v) is 2.00. The molecular formula is C10H24N2O. The zero-order valence-corrected chi connectivity index (χ0v) is 9.72. The van der Waals surface area contributed by atoms with E-state index in [4.69, 9.17) is 16.2 Å². The first-order valence-corrected chi connectivity index (χ1v) is 4.72. The van der Waals surface area contributed by atoms with Crippen molar-refractivity contribution >= 4 is 0 Å². The molecule has 0 bridgehead atoms. The molecule has 3 nitrogen and oxygen atoms in total. The predicted octanol–water partition coefficient (Wildman–Crippen LogP) is 1.66. The SMILES string of the molecule is CC(C)(C)C(N)OC(N)C(C)(C)C. The average molecular weight is 188 g/mol. The number of hydrogen-bond acceptors (Lipinski definition) is 3. The summed E-state index contributed by atoms with van der Waals surface area (Å²) >= 11 is 0. The number of hydrogen-bond donors (Lipinski definition) is 2. The van der Waals surface area contributed by atoms with Crippen LogP contribution < -0.4 is 11.5 Å². The van der Waals surface area contributed by atoms with Crippen LogP contribution in [-0.4, -0.2) is 12.5 Å². The van der Waals surface area contributed by atoms with Gasteiger partial charge in [-0.1, -0.05) is 41.5 Å². The van der Waals surface area contributed by atoms with Gasteiger partial charge in [-0.3, -0.25) is 0 Å². The zero-order chi connectivity index (χ0) is 10.9. The lowest BCUT2D eigenvalue weighted by atomic mass is 9.92. The van der Waals surface area contributed by atoms with E-state index in [9.17, 15) is 0 Å². The van der Waals surface area contributed by atoms with Crippen molar-refractivity contribution in [1.82, 2.24) is 0 Å². The molecule has 0 aromatic rings. The maximum Gasteiger partial charge on any atom is 0.112 e. The Morgan fingerprint density at radius 3 is 1.15 bits per heavy atom. The second-order valence-corrected chi connectivity index (χ2v) is 5.71. The molecule has 0 saturated carbocycles. The van der Waals surface area contributed by atoms with E-state index in [2.05, 4.69) is 0 Å². The van der Waals surface area contributed by atoms with Crippen molar-refractivity contribution in [3.63, 3.8) is 0 Å². The van der Waals surface area contributed by atoms with Crippen molar-refractivity contribution < 1.29 is 4.74 Å². The summed E-state index contributed by atoms with van der Waals surface area (Å²) in [5.41, 5.74) is 11.6. The summed E-state index contributed by atoms with van der Waals surface area (Å²) in [6, 6.07) is 0. The third-order valence-electron chi connectivity index (χ3n) is 2.00. The average Bonchev–Trinajstić information content (AvgIpc) is 1.82. The Kier molecular flexibility index (Phi) is 3.91. The highest BCUT2D eigenvalue weighted by Gasteiger charge is 2.28. The Morgan fingerprint density at radius 1 is 0.769 bits per heavy atom. The highest BCUT2D eigenvalue weighted by Crippen LogP contribution is 2.24. The maximum atomic E-state index is 5.85. The first-order chi connectivity index (χ1) is 5.55. The van der Waals surface area contributed by atoms with Gasteiger partial charge in [-0.15, -0.1) is 0 Å². The molecule has 4 N–H and O–H groups in total. The van der Waals surface area contributed by atoms with Gasteiger partial charge >= 0.3 is 0 Å². The van der Waals surface area contributed by atoms with E-state index in [1.54, 1.807) is 0 Å². The Morgan fingerprint density at radius 2 is 1.00 bits per heavy atom. The molecule has 0 amide bonds. The van der Waals surface area contributed by atoms with Crippen LogP contribution >= 0.6 is 0 Å². The summed E-state index contributed by atoms with van der Waals surface area (Å²) in [5.74, 6) is 0. The second-order valence-electron chi connectivity index (χ2n) is 5.71. The predicted molar refractivity (Wildman–Crippen MR) is 55.9 cm³/mol. The van der Waals surface area contributed by atoms with E-state index >= 15 is 0 Å². The van der Waals surface area contributed by atoms with Crippen LogP contribution in [0.25, 0.3) is 0 Å². The van der Waals surface area contributed by atoms with Crippen LogP contribution in [0.15, 0.2) is 0 Å². The van der Waals surface area contributed by atoms with Gasteiger partial charge in [0, 0.05) is 10.8 Å². The van der Waals surface area contributed by atoms with Crippen LogP contribution in [0.4, 0.5) is 0 Å². The topological polar surface area (TPSA) is 61.3 Å². The molecule has 0 aromatic heterocycles. The molecule has 0 aliphatic carbocycles. The summed E-state index contributed by atoms with van der Waals surface area (Å²) < 4.78 is 5.53. The largest absolute Gasteiger partial charge is 0.345 e. The summed E-state index contributed by atoms with van der Waals surface area (Å²) in [5, 5.41) is 0. The van der Waals surface area contributed by atoms with E-state index in [0.717, 1.165) is 0 Å². The molecule has 0 radical (unpaired) electrons. The molecule has 0 aromatic carbocycles. The maximum absolute atomic E-state index is 5.85. The van der Waals surface area contributed by atoms with Crippen LogP contribution in [-0.2, 0) is 4.74 Å². The first-order valence-electron chi connectivity index (χ1n) is 4.72. The monoisotopic (exact) mass is 188 g/mol. The molecule has 0 aliphatic heterocycles. The fourth-order valence-electron chi connectivity index (χ4n) is 0.566. The van der Waals surface area contributed by atoms with Gasteiger partial charge in [0.05, 0.1) is 0 Å². The smallest absolute Gasteiger partial charge is 0.112 e. The molecule has 0 aliphatic rings. The van der Waals surface area contributed by atoms with Gasteiger partial charge < -0.3 is 16.2 Å². The van der Waals surface area contributed by atoms with E-state index in [-0.39, 0.29) is 23.3 Å². The second kappa shape index (κ2) is 3.95. The van der Waals surface area contributed by atoms with Crippen molar-refractivity contribution in [2.75, 3.05) is 0 Å². The molecular weight excluding hydrogens is 164 g/mol. The van der Waals surface area contributed by atoms with Crippen molar-refractivity contribution in [2.45, 2.75) is 54.0 Å². The number of rotatable bonds is 2. The Labute approximate surface area is 81.8 Å². The summed E-state index contributed by atoms with van der Waals surface area (Å²) in [7, 11) is 0. The van der Waals surface area contributed by atoms with Gasteiger partial charge in [-0.05, 0) is 0 Å². The zero-order valence-electron chi connectivity index (χ0n) is 9.72. The van der Waals surface area contributed by atoms with Crippen molar-refractivity contribution in [3.8, 4) is 0 Å². The van der Waals surface area contributed by atoms with E-state index < -0.39 is 0 Å². The lowest BCUT2D eigenvalue weighted by Gasteiger charge is -2.34. The van der Waals surface area contributed by atoms with Crippen molar-refractivity contribution in [2.24, 2.45) is 22.3 Å². The lowest BCUT2D eigenvalue weighted by molar-refractivity contribution is -0.100. The Bertz CT molecular complexity index is 137. The van der Waals surface area contributed by atoms with Gasteiger partial charge in [0.1, 0.15) is 12.5 Å². The summed E-state index contributed by atoms with van der Waals surface area (Å²) in [6.07, 6.45) is -0.636. The van der Waals surface area contributed by atoms with Gasteiger partial charge in [0.25, 0.3) is 0 Å². The van der Waals surface area contributed by atoms with Crippen LogP contribution in [0.1, 0.15) is 41.5 Å². The minimum Gasteiger partial charge on any atom is -0.345 e. The highest BCUT2D eigenvalue weighted by molar-refractivity contribution is 4.74. The number of ether oxygens (including phenoxy) is 1. The Balaban J connectivity index is 4.15. The summed E-state index contributed by atoms with van der Waals surface area (Å²) in [6.45, 7) is 12.2. The minimum atomic E-state index is -0.318. The van der Waals surface area contributed by atoms with Gasteiger partial charge in [0.2, 0.25) is 0 Å². The fraction of sp³-hybridized carbons (Fsp3) is 1.00. The molecule has 0 saturated heterocycles. The standard InChI is InChI=1S/C10H24N2O/c1-9(2,3)7(11)13-8(12)10(4,5)6/h7-8H,11-12H2,1-6H3. The normalized spacial score (nSPS) is 18.5. The molecule has 0 fully saturated rings. The first kappa shape index (κ1) is 12.9. The molecule has 0 heterocycles. The molecule has 0 spiro atoms. The highest BCUT2D eigenvalue weighted by atomic mass is 16.5. The quantitative estimate of drug-likeness (QED) is 0.648. The molecule has 13 heavy (non-hydrogen) atoms. The minimum absolute atomic E-state index is 0.0666. The molecule has 80 valence electrons. The van der Waals surface area contributed by atoms with Crippen LogP contribution in [0.3, 0.4) is 0 Å². The van der Waals surface area contributed by atoms with E-state index in [0.29, 0.717) is 0 Å². The number of nitrogens with two attached hydrogens (primary N) is 2. The summed E-state index contributed by atoms with van der Waals surface area (Å²) in [4.78, 5) is 0. The van der Waals surface area contributed by atoms with E-state index in [1.807, 2.05) is 41.5 Å². The van der Waals surface area contributed by atoms with Crippen LogP contribution in [0.5, 0.6) is 0 Å².